The molecule has 0 heterocycles. The Kier molecular flexibility index (Phi) is 4.54. The van der Waals surface area contributed by atoms with Crippen LogP contribution in [0.3, 0.4) is 0 Å². The van der Waals surface area contributed by atoms with Crippen molar-refractivity contribution >= 4 is 18.2 Å². The molecule has 94 valence electrons. The van der Waals surface area contributed by atoms with Crippen LogP contribution in [-0.4, -0.2) is 38.4 Å². The molecule has 1 unspecified atom stereocenters. The van der Waals surface area contributed by atoms with Gasteiger partial charge in [-0.15, -0.1) is 12.4 Å². The fourth-order valence-electron chi connectivity index (χ4n) is 2.26. The summed E-state index contributed by atoms with van der Waals surface area (Å²) < 4.78 is 5.14. The third kappa shape index (κ3) is 2.79. The van der Waals surface area contributed by atoms with Gasteiger partial charge in [0, 0.05) is 18.0 Å². The molecule has 1 aromatic rings. The Bertz CT molecular complexity index is 418. The van der Waals surface area contributed by atoms with Gasteiger partial charge >= 0.3 is 0 Å². The summed E-state index contributed by atoms with van der Waals surface area (Å²) in [7, 11) is 5.62. The summed E-state index contributed by atoms with van der Waals surface area (Å²) in [6, 6.07) is 5.78. The van der Waals surface area contributed by atoms with Gasteiger partial charge in [-0.2, -0.15) is 0 Å². The predicted molar refractivity (Wildman–Crippen MR) is 70.3 cm³/mol. The zero-order chi connectivity index (χ0) is 11.7. The molecule has 0 fully saturated rings. The molecule has 0 saturated carbocycles. The maximum Gasteiger partial charge on any atom is 0.167 e. The number of carbonyl (C=O) groups is 1. The maximum atomic E-state index is 12.1. The highest BCUT2D eigenvalue weighted by Crippen LogP contribution is 2.30. The molecule has 0 amide bonds. The zero-order valence-electron chi connectivity index (χ0n) is 10.4. The second-order valence-electron chi connectivity index (χ2n) is 4.55. The van der Waals surface area contributed by atoms with E-state index in [2.05, 4.69) is 4.90 Å². The molecule has 2 rings (SSSR count). The zero-order valence-corrected chi connectivity index (χ0v) is 11.2. The summed E-state index contributed by atoms with van der Waals surface area (Å²) in [5.41, 5.74) is 1.99. The van der Waals surface area contributed by atoms with Crippen molar-refractivity contribution in [2.45, 2.75) is 6.42 Å². The van der Waals surface area contributed by atoms with E-state index >= 15 is 0 Å². The summed E-state index contributed by atoms with van der Waals surface area (Å²) in [6.45, 7) is 0.815. The molecule has 0 aromatic heterocycles. The largest absolute Gasteiger partial charge is 0.497 e. The molecule has 0 spiro atoms. The van der Waals surface area contributed by atoms with E-state index in [0.717, 1.165) is 29.8 Å². The van der Waals surface area contributed by atoms with Crippen molar-refractivity contribution in [1.82, 2.24) is 4.90 Å². The maximum absolute atomic E-state index is 12.1. The molecule has 1 aliphatic rings. The van der Waals surface area contributed by atoms with Gasteiger partial charge in [0.1, 0.15) is 5.75 Å². The van der Waals surface area contributed by atoms with Crippen molar-refractivity contribution in [1.29, 1.82) is 0 Å². The van der Waals surface area contributed by atoms with Crippen LogP contribution in [0.5, 0.6) is 5.75 Å². The van der Waals surface area contributed by atoms with Crippen molar-refractivity contribution in [3.63, 3.8) is 0 Å². The number of halogens is 1. The van der Waals surface area contributed by atoms with Gasteiger partial charge in [0.15, 0.2) is 5.78 Å². The lowest BCUT2D eigenvalue weighted by molar-refractivity contribution is 0.0916. The molecule has 3 nitrogen and oxygen atoms in total. The molecular formula is C13H18ClNO2. The average Bonchev–Trinajstić information content (AvgIpc) is 2.55. The molecule has 1 aromatic carbocycles. The lowest BCUT2D eigenvalue weighted by Crippen LogP contribution is -2.25. The van der Waals surface area contributed by atoms with Crippen LogP contribution in [0.4, 0.5) is 0 Å². The number of benzene rings is 1. The second kappa shape index (κ2) is 5.52. The lowest BCUT2D eigenvalue weighted by atomic mass is 10.1. The molecule has 0 saturated heterocycles. The summed E-state index contributed by atoms with van der Waals surface area (Å²) in [5, 5.41) is 0. The molecular weight excluding hydrogens is 238 g/mol. The normalized spacial score (nSPS) is 17.9. The first-order chi connectivity index (χ1) is 7.61. The number of methoxy groups -OCH3 is 1. The van der Waals surface area contributed by atoms with Crippen molar-refractivity contribution < 1.29 is 9.53 Å². The molecule has 4 heteroatoms. The van der Waals surface area contributed by atoms with Gasteiger partial charge in [-0.05, 0) is 38.2 Å². The van der Waals surface area contributed by atoms with Crippen LogP contribution in [0.25, 0.3) is 0 Å². The topological polar surface area (TPSA) is 29.5 Å². The monoisotopic (exact) mass is 255 g/mol. The van der Waals surface area contributed by atoms with E-state index in [1.54, 1.807) is 7.11 Å². The molecule has 0 bridgehead atoms. The fraction of sp³-hybridized carbons (Fsp3) is 0.462. The van der Waals surface area contributed by atoms with E-state index in [0.29, 0.717) is 0 Å². The Balaban J connectivity index is 0.00000144. The molecule has 1 aliphatic carbocycles. The Morgan fingerprint density at radius 3 is 2.71 bits per heavy atom. The first kappa shape index (κ1) is 14.0. The van der Waals surface area contributed by atoms with Crippen molar-refractivity contribution in [3.05, 3.63) is 29.3 Å². The summed E-state index contributed by atoms with van der Waals surface area (Å²) in [5.74, 6) is 1.12. The third-order valence-corrected chi connectivity index (χ3v) is 3.01. The average molecular weight is 256 g/mol. The molecule has 0 N–H and O–H groups in total. The van der Waals surface area contributed by atoms with Crippen molar-refractivity contribution in [3.8, 4) is 5.75 Å². The predicted octanol–water partition coefficient (Wildman–Crippen LogP) is 2.03. The van der Waals surface area contributed by atoms with E-state index in [1.807, 2.05) is 32.3 Å². The highest BCUT2D eigenvalue weighted by atomic mass is 35.5. The minimum absolute atomic E-state index is 0. The van der Waals surface area contributed by atoms with Crippen LogP contribution in [-0.2, 0) is 6.42 Å². The molecule has 17 heavy (non-hydrogen) atoms. The number of ether oxygens (including phenoxy) is 1. The Hall–Kier alpha value is -1.06. The summed E-state index contributed by atoms with van der Waals surface area (Å²) >= 11 is 0. The Morgan fingerprint density at radius 1 is 1.41 bits per heavy atom. The van der Waals surface area contributed by atoms with Gasteiger partial charge in [-0.3, -0.25) is 4.79 Å². The molecule has 1 atom stereocenters. The van der Waals surface area contributed by atoms with Crippen LogP contribution < -0.4 is 4.74 Å². The van der Waals surface area contributed by atoms with Crippen LogP contribution >= 0.6 is 12.4 Å². The van der Waals surface area contributed by atoms with E-state index in [4.69, 9.17) is 4.74 Å². The van der Waals surface area contributed by atoms with Gasteiger partial charge in [0.05, 0.1) is 7.11 Å². The fourth-order valence-corrected chi connectivity index (χ4v) is 2.26. The number of rotatable bonds is 3. The molecule has 0 radical (unpaired) electrons. The first-order valence-corrected chi connectivity index (χ1v) is 5.47. The Morgan fingerprint density at radius 2 is 2.12 bits per heavy atom. The summed E-state index contributed by atoms with van der Waals surface area (Å²) in [4.78, 5) is 14.2. The van der Waals surface area contributed by atoms with Gasteiger partial charge in [0.25, 0.3) is 0 Å². The van der Waals surface area contributed by atoms with Crippen LogP contribution in [0, 0.1) is 5.92 Å². The SMILES string of the molecule is COc1ccc2c(c1)C(=O)C(CN(C)C)C2.Cl. The smallest absolute Gasteiger partial charge is 0.167 e. The van der Waals surface area contributed by atoms with E-state index in [-0.39, 0.29) is 24.1 Å². The van der Waals surface area contributed by atoms with Gasteiger partial charge in [0.2, 0.25) is 0 Å². The highest BCUT2D eigenvalue weighted by Gasteiger charge is 2.30. The number of nitrogens with zero attached hydrogens (tertiary/aromatic N) is 1. The third-order valence-electron chi connectivity index (χ3n) is 3.01. The van der Waals surface area contributed by atoms with Gasteiger partial charge in [-0.25, -0.2) is 0 Å². The van der Waals surface area contributed by atoms with E-state index < -0.39 is 0 Å². The number of hydrogen-bond acceptors (Lipinski definition) is 3. The highest BCUT2D eigenvalue weighted by molar-refractivity contribution is 6.02. The van der Waals surface area contributed by atoms with Crippen LogP contribution in [0.1, 0.15) is 15.9 Å². The lowest BCUT2D eigenvalue weighted by Gasteiger charge is -2.13. The molecule has 0 aliphatic heterocycles. The van der Waals surface area contributed by atoms with E-state index in [9.17, 15) is 4.79 Å². The van der Waals surface area contributed by atoms with Crippen molar-refractivity contribution in [2.75, 3.05) is 27.7 Å². The number of hydrogen-bond donors (Lipinski definition) is 0. The second-order valence-corrected chi connectivity index (χ2v) is 4.55. The first-order valence-electron chi connectivity index (χ1n) is 5.47. The van der Waals surface area contributed by atoms with Gasteiger partial charge < -0.3 is 9.64 Å². The minimum atomic E-state index is 0. The number of carbonyl (C=O) groups excluding carboxylic acids is 1. The van der Waals surface area contributed by atoms with Crippen LogP contribution in [0.15, 0.2) is 18.2 Å². The van der Waals surface area contributed by atoms with Crippen molar-refractivity contribution in [2.24, 2.45) is 5.92 Å². The summed E-state index contributed by atoms with van der Waals surface area (Å²) in [6.07, 6.45) is 0.857. The number of fused-ring (bicyclic) bond motifs is 1. The standard InChI is InChI=1S/C13H17NO2.ClH/c1-14(2)8-10-6-9-4-5-11(16-3)7-12(9)13(10)15;/h4-5,7,10H,6,8H2,1-3H3;1H. The number of Topliss-reactive ketones (excluding diaryl/α,β-unsaturated/α-hetero) is 1. The minimum Gasteiger partial charge on any atom is -0.497 e. The quantitative estimate of drug-likeness (QED) is 0.828. The van der Waals surface area contributed by atoms with Crippen LogP contribution in [0.2, 0.25) is 0 Å². The van der Waals surface area contributed by atoms with E-state index in [1.165, 1.54) is 0 Å². The number of ketones is 1. The van der Waals surface area contributed by atoms with Gasteiger partial charge in [-0.1, -0.05) is 6.07 Å². The Labute approximate surface area is 108 Å².